The first-order valence-electron chi connectivity index (χ1n) is 9.93. The summed E-state index contributed by atoms with van der Waals surface area (Å²) in [5.74, 6) is 0.471. The third kappa shape index (κ3) is 5.30. The van der Waals surface area contributed by atoms with Crippen LogP contribution in [0.4, 0.5) is 13.2 Å². The number of hydrogen-bond acceptors (Lipinski definition) is 5. The van der Waals surface area contributed by atoms with Crippen molar-refractivity contribution in [3.8, 4) is 5.69 Å². The second kappa shape index (κ2) is 9.88. The summed E-state index contributed by atoms with van der Waals surface area (Å²) >= 11 is 0. The molecule has 0 unspecified atom stereocenters. The molecule has 1 aromatic heterocycles. The zero-order chi connectivity index (χ0) is 23.3. The van der Waals surface area contributed by atoms with Crippen molar-refractivity contribution < 1.29 is 18.0 Å². The molecule has 3 rings (SSSR count). The molecule has 0 atom stereocenters. The zero-order valence-electron chi connectivity index (χ0n) is 17.9. The molecule has 1 N–H and O–H groups in total. The van der Waals surface area contributed by atoms with E-state index in [1.165, 1.54) is 6.07 Å². The van der Waals surface area contributed by atoms with Gasteiger partial charge in [-0.25, -0.2) is 0 Å². The fourth-order valence-corrected chi connectivity index (χ4v) is 3.25. The molecule has 0 saturated heterocycles. The van der Waals surface area contributed by atoms with Gasteiger partial charge in [-0.1, -0.05) is 36.4 Å². The van der Waals surface area contributed by atoms with E-state index in [0.717, 1.165) is 12.1 Å². The Balaban J connectivity index is 2.21. The van der Waals surface area contributed by atoms with Crippen molar-refractivity contribution in [2.24, 2.45) is 0 Å². The Morgan fingerprint density at radius 3 is 2.44 bits per heavy atom. The molecule has 0 aliphatic heterocycles. The molecule has 0 radical (unpaired) electrons. The minimum Gasteiger partial charge on any atom is -0.306 e. The van der Waals surface area contributed by atoms with Crippen LogP contribution in [0.5, 0.6) is 0 Å². The van der Waals surface area contributed by atoms with Gasteiger partial charge in [-0.05, 0) is 32.3 Å². The van der Waals surface area contributed by atoms with Crippen LogP contribution in [-0.2, 0) is 19.3 Å². The van der Waals surface area contributed by atoms with Crippen LogP contribution in [0.2, 0.25) is 0 Å². The highest BCUT2D eigenvalue weighted by molar-refractivity contribution is 6.11. The van der Waals surface area contributed by atoms with E-state index < -0.39 is 17.5 Å². The van der Waals surface area contributed by atoms with E-state index >= 15 is 0 Å². The van der Waals surface area contributed by atoms with Crippen molar-refractivity contribution in [3.05, 3.63) is 89.5 Å². The Morgan fingerprint density at radius 2 is 1.81 bits per heavy atom. The number of benzene rings is 2. The third-order valence-corrected chi connectivity index (χ3v) is 4.67. The van der Waals surface area contributed by atoms with Crippen LogP contribution in [0.1, 0.15) is 33.1 Å². The standard InChI is InChI=1S/C23H24F3N5O/c1-4-12-27-14-20-28-29-21(15-30(2)3)31(20)19-11-10-17(23(24,25)26)13-18(19)22(32)16-8-6-5-7-9-16/h4-11,13,27H,1,12,14-15H2,2-3H3. The molecular weight excluding hydrogens is 419 g/mol. The Bertz CT molecular complexity index is 1090. The fraction of sp³-hybridized carbons (Fsp3) is 0.261. The van der Waals surface area contributed by atoms with Gasteiger partial charge in [0.05, 0.1) is 24.3 Å². The first kappa shape index (κ1) is 23.4. The molecule has 32 heavy (non-hydrogen) atoms. The smallest absolute Gasteiger partial charge is 0.306 e. The maximum atomic E-state index is 13.5. The molecule has 3 aromatic rings. The van der Waals surface area contributed by atoms with Crippen LogP contribution in [0.25, 0.3) is 5.69 Å². The number of rotatable bonds is 9. The Morgan fingerprint density at radius 1 is 1.12 bits per heavy atom. The van der Waals surface area contributed by atoms with Gasteiger partial charge in [0.25, 0.3) is 0 Å². The molecule has 0 bridgehead atoms. The van der Waals surface area contributed by atoms with E-state index in [9.17, 15) is 18.0 Å². The average molecular weight is 443 g/mol. The van der Waals surface area contributed by atoms with Gasteiger partial charge in [0, 0.05) is 17.7 Å². The lowest BCUT2D eigenvalue weighted by atomic mass is 9.99. The highest BCUT2D eigenvalue weighted by atomic mass is 19.4. The van der Waals surface area contributed by atoms with E-state index in [2.05, 4.69) is 22.1 Å². The van der Waals surface area contributed by atoms with Gasteiger partial charge < -0.3 is 10.2 Å². The molecule has 0 saturated carbocycles. The third-order valence-electron chi connectivity index (χ3n) is 4.67. The lowest BCUT2D eigenvalue weighted by Gasteiger charge is -2.18. The Hall–Kier alpha value is -3.30. The summed E-state index contributed by atoms with van der Waals surface area (Å²) < 4.78 is 42.1. The number of carbonyl (C=O) groups is 1. The van der Waals surface area contributed by atoms with Crippen molar-refractivity contribution in [1.29, 1.82) is 0 Å². The first-order chi connectivity index (χ1) is 15.2. The largest absolute Gasteiger partial charge is 0.416 e. The molecule has 168 valence electrons. The van der Waals surface area contributed by atoms with Gasteiger partial charge in [0.2, 0.25) is 0 Å². The van der Waals surface area contributed by atoms with Crippen LogP contribution < -0.4 is 5.32 Å². The summed E-state index contributed by atoms with van der Waals surface area (Å²) in [6.45, 7) is 4.85. The average Bonchev–Trinajstić information content (AvgIpc) is 3.14. The summed E-state index contributed by atoms with van der Waals surface area (Å²) in [6, 6.07) is 11.4. The normalized spacial score (nSPS) is 11.7. The first-order valence-corrected chi connectivity index (χ1v) is 9.93. The monoisotopic (exact) mass is 443 g/mol. The number of carbonyl (C=O) groups excluding carboxylic acids is 1. The lowest BCUT2D eigenvalue weighted by Crippen LogP contribution is -2.21. The van der Waals surface area contributed by atoms with Crippen molar-refractivity contribution in [3.63, 3.8) is 0 Å². The summed E-state index contributed by atoms with van der Waals surface area (Å²) in [6.07, 6.45) is -2.90. The molecule has 1 heterocycles. The number of nitrogens with one attached hydrogen (secondary N) is 1. The number of alkyl halides is 3. The quantitative estimate of drug-likeness (QED) is 0.309. The van der Waals surface area contributed by atoms with Gasteiger partial charge in [-0.3, -0.25) is 9.36 Å². The van der Waals surface area contributed by atoms with Crippen LogP contribution in [0, 0.1) is 0 Å². The summed E-state index contributed by atoms with van der Waals surface area (Å²) in [5, 5.41) is 11.6. The van der Waals surface area contributed by atoms with Crippen molar-refractivity contribution in [2.45, 2.75) is 19.3 Å². The van der Waals surface area contributed by atoms with Crippen LogP contribution in [0.15, 0.2) is 61.2 Å². The van der Waals surface area contributed by atoms with Gasteiger partial charge in [-0.2, -0.15) is 13.2 Å². The number of ketones is 1. The van der Waals surface area contributed by atoms with E-state index in [0.29, 0.717) is 42.5 Å². The molecular formula is C23H24F3N5O. The lowest BCUT2D eigenvalue weighted by molar-refractivity contribution is -0.137. The van der Waals surface area contributed by atoms with Crippen LogP contribution >= 0.6 is 0 Å². The van der Waals surface area contributed by atoms with Gasteiger partial charge in [0.1, 0.15) is 0 Å². The molecule has 0 fully saturated rings. The number of halogens is 3. The molecule has 6 nitrogen and oxygen atoms in total. The maximum absolute atomic E-state index is 13.5. The number of nitrogens with zero attached hydrogens (tertiary/aromatic N) is 4. The van der Waals surface area contributed by atoms with Crippen molar-refractivity contribution >= 4 is 5.78 Å². The minimum atomic E-state index is -4.59. The van der Waals surface area contributed by atoms with E-state index in [-0.39, 0.29) is 5.56 Å². The summed E-state index contributed by atoms with van der Waals surface area (Å²) in [5.41, 5.74) is -0.379. The fourth-order valence-electron chi connectivity index (χ4n) is 3.25. The zero-order valence-corrected chi connectivity index (χ0v) is 17.9. The Kier molecular flexibility index (Phi) is 7.22. The maximum Gasteiger partial charge on any atom is 0.416 e. The van der Waals surface area contributed by atoms with Crippen LogP contribution in [-0.4, -0.2) is 46.1 Å². The van der Waals surface area contributed by atoms with Gasteiger partial charge in [0.15, 0.2) is 17.4 Å². The SMILES string of the molecule is C=CCNCc1nnc(CN(C)C)n1-c1ccc(C(F)(F)F)cc1C(=O)c1ccccc1. The molecule has 9 heteroatoms. The summed E-state index contributed by atoms with van der Waals surface area (Å²) in [7, 11) is 3.69. The molecule has 0 spiro atoms. The molecule has 2 aromatic carbocycles. The Labute approximate surface area is 184 Å². The van der Waals surface area contributed by atoms with Gasteiger partial charge >= 0.3 is 6.18 Å². The second-order valence-electron chi connectivity index (χ2n) is 7.45. The van der Waals surface area contributed by atoms with E-state index in [4.69, 9.17) is 0 Å². The van der Waals surface area contributed by atoms with E-state index in [1.54, 1.807) is 41.0 Å². The number of aromatic nitrogens is 3. The topological polar surface area (TPSA) is 63.1 Å². The van der Waals surface area contributed by atoms with Gasteiger partial charge in [-0.15, -0.1) is 16.8 Å². The predicted molar refractivity (Wildman–Crippen MR) is 116 cm³/mol. The van der Waals surface area contributed by atoms with Crippen molar-refractivity contribution in [1.82, 2.24) is 25.0 Å². The highest BCUT2D eigenvalue weighted by Gasteiger charge is 2.32. The highest BCUT2D eigenvalue weighted by Crippen LogP contribution is 2.33. The minimum absolute atomic E-state index is 0.0733. The predicted octanol–water partition coefficient (Wildman–Crippen LogP) is 3.85. The summed E-state index contributed by atoms with van der Waals surface area (Å²) in [4.78, 5) is 15.2. The second-order valence-corrected chi connectivity index (χ2v) is 7.45. The molecule has 0 aliphatic rings. The van der Waals surface area contributed by atoms with E-state index in [1.807, 2.05) is 19.0 Å². The van der Waals surface area contributed by atoms with Crippen LogP contribution in [0.3, 0.4) is 0 Å². The molecule has 0 amide bonds. The number of hydrogen-bond donors (Lipinski definition) is 1. The molecule has 0 aliphatic carbocycles. The van der Waals surface area contributed by atoms with Crippen molar-refractivity contribution in [2.75, 3.05) is 20.6 Å².